The molecule has 0 saturated carbocycles. The second-order valence-electron chi connectivity index (χ2n) is 2.80. The van der Waals surface area contributed by atoms with E-state index in [4.69, 9.17) is 5.73 Å². The topological polar surface area (TPSA) is 60.2 Å². The molecule has 0 unspecified atom stereocenters. The summed E-state index contributed by atoms with van der Waals surface area (Å²) in [6.07, 6.45) is 0. The Hall–Kier alpha value is -1.08. The van der Waals surface area contributed by atoms with E-state index in [2.05, 4.69) is 12.2 Å². The zero-order valence-electron chi connectivity index (χ0n) is 7.41. The second kappa shape index (κ2) is 4.19. The Balaban J connectivity index is 3.26. The molecule has 0 amide bonds. The van der Waals surface area contributed by atoms with Crippen LogP contribution in [0.4, 0.5) is 8.78 Å². The number of nitrogens with two attached hydrogens (primary N) is 1. The molecule has 0 saturated heterocycles. The second-order valence-corrected chi connectivity index (χ2v) is 5.28. The summed E-state index contributed by atoms with van der Waals surface area (Å²) in [6, 6.07) is 2.17. The highest BCUT2D eigenvalue weighted by Crippen LogP contribution is 2.17. The third kappa shape index (κ3) is 2.93. The van der Waals surface area contributed by atoms with Gasteiger partial charge in [-0.05, 0) is 18.2 Å². The van der Waals surface area contributed by atoms with Crippen molar-refractivity contribution in [3.05, 3.63) is 29.8 Å². The minimum Gasteiger partial charge on any atom is -0.392 e. The molecule has 0 heterocycles. The molecule has 2 N–H and O–H groups in total. The van der Waals surface area contributed by atoms with E-state index in [9.17, 15) is 17.2 Å². The molecule has 0 aliphatic rings. The van der Waals surface area contributed by atoms with Crippen LogP contribution in [0.5, 0.6) is 0 Å². The SMILES string of the molecule is NC(=S)CS(=O)(=O)c1cc(F)ccc1F. The molecule has 0 bridgehead atoms. The first-order chi connectivity index (χ1) is 6.83. The van der Waals surface area contributed by atoms with Crippen molar-refractivity contribution in [2.45, 2.75) is 4.90 Å². The van der Waals surface area contributed by atoms with Crippen molar-refractivity contribution in [3.63, 3.8) is 0 Å². The molecule has 0 fully saturated rings. The zero-order valence-corrected chi connectivity index (χ0v) is 9.04. The molecule has 7 heteroatoms. The summed E-state index contributed by atoms with van der Waals surface area (Å²) in [5, 5.41) is 0. The van der Waals surface area contributed by atoms with Crippen LogP contribution < -0.4 is 5.73 Å². The lowest BCUT2D eigenvalue weighted by molar-refractivity contribution is 0.555. The monoisotopic (exact) mass is 251 g/mol. The molecular formula is C8H7F2NO2S2. The zero-order chi connectivity index (χ0) is 11.6. The number of halogens is 2. The molecule has 0 aliphatic heterocycles. The molecular weight excluding hydrogens is 244 g/mol. The highest BCUT2D eigenvalue weighted by Gasteiger charge is 2.20. The van der Waals surface area contributed by atoms with E-state index in [0.29, 0.717) is 6.07 Å². The van der Waals surface area contributed by atoms with Crippen LogP contribution in [-0.2, 0) is 9.84 Å². The summed E-state index contributed by atoms with van der Waals surface area (Å²) in [5.74, 6) is -2.53. The quantitative estimate of drug-likeness (QED) is 0.815. The van der Waals surface area contributed by atoms with E-state index in [0.717, 1.165) is 12.1 Å². The Morgan fingerprint density at radius 1 is 1.40 bits per heavy atom. The van der Waals surface area contributed by atoms with Gasteiger partial charge in [0.05, 0.1) is 4.99 Å². The third-order valence-corrected chi connectivity index (χ3v) is 3.56. The lowest BCUT2D eigenvalue weighted by Gasteiger charge is -2.04. The highest BCUT2D eigenvalue weighted by atomic mass is 32.2. The van der Waals surface area contributed by atoms with Crippen LogP contribution >= 0.6 is 12.2 Å². The van der Waals surface area contributed by atoms with Gasteiger partial charge in [0.1, 0.15) is 22.3 Å². The van der Waals surface area contributed by atoms with Crippen molar-refractivity contribution in [3.8, 4) is 0 Å². The van der Waals surface area contributed by atoms with Crippen LogP contribution in [0.15, 0.2) is 23.1 Å². The minimum absolute atomic E-state index is 0.293. The summed E-state index contributed by atoms with van der Waals surface area (Å²) in [5.41, 5.74) is 5.04. The molecule has 1 rings (SSSR count). The Morgan fingerprint density at radius 3 is 2.53 bits per heavy atom. The van der Waals surface area contributed by atoms with Crippen LogP contribution in [0.3, 0.4) is 0 Å². The summed E-state index contributed by atoms with van der Waals surface area (Å²) in [4.78, 5) is -1.02. The first-order valence-corrected chi connectivity index (χ1v) is 5.85. The normalized spacial score (nSPS) is 11.3. The van der Waals surface area contributed by atoms with Gasteiger partial charge in [0, 0.05) is 0 Å². The van der Waals surface area contributed by atoms with Crippen molar-refractivity contribution < 1.29 is 17.2 Å². The van der Waals surface area contributed by atoms with Crippen LogP contribution in [-0.4, -0.2) is 19.2 Å². The van der Waals surface area contributed by atoms with Gasteiger partial charge in [0.15, 0.2) is 9.84 Å². The van der Waals surface area contributed by atoms with E-state index < -0.39 is 32.1 Å². The summed E-state index contributed by atoms with van der Waals surface area (Å²) >= 11 is 4.40. The van der Waals surface area contributed by atoms with Crippen molar-refractivity contribution in [2.75, 3.05) is 5.75 Å². The fourth-order valence-electron chi connectivity index (χ4n) is 0.981. The van der Waals surface area contributed by atoms with Gasteiger partial charge in [0.25, 0.3) is 0 Å². The standard InChI is InChI=1S/C8H7F2NO2S2/c9-5-1-2-6(10)7(3-5)15(12,13)4-8(11)14/h1-3H,4H2,(H2,11,14). The Morgan fingerprint density at radius 2 is 2.00 bits per heavy atom. The van der Waals surface area contributed by atoms with Crippen molar-refractivity contribution >= 4 is 27.0 Å². The summed E-state index contributed by atoms with van der Waals surface area (Å²) < 4.78 is 48.7. The lowest BCUT2D eigenvalue weighted by atomic mass is 10.3. The average molecular weight is 251 g/mol. The van der Waals surface area contributed by atoms with Gasteiger partial charge in [-0.25, -0.2) is 17.2 Å². The van der Waals surface area contributed by atoms with E-state index in [1.165, 1.54) is 0 Å². The predicted octanol–water partition coefficient (Wildman–Crippen LogP) is 1.02. The molecule has 1 aromatic carbocycles. The van der Waals surface area contributed by atoms with Crippen LogP contribution in [0.1, 0.15) is 0 Å². The largest absolute Gasteiger partial charge is 0.392 e. The number of hydrogen-bond donors (Lipinski definition) is 1. The smallest absolute Gasteiger partial charge is 0.187 e. The molecule has 0 radical (unpaired) electrons. The maximum absolute atomic E-state index is 13.1. The van der Waals surface area contributed by atoms with E-state index >= 15 is 0 Å². The van der Waals surface area contributed by atoms with E-state index in [1.54, 1.807) is 0 Å². The van der Waals surface area contributed by atoms with E-state index in [-0.39, 0.29) is 4.99 Å². The fraction of sp³-hybridized carbons (Fsp3) is 0.125. The molecule has 0 spiro atoms. The molecule has 0 atom stereocenters. The van der Waals surface area contributed by atoms with Gasteiger partial charge < -0.3 is 5.73 Å². The number of sulfone groups is 1. The van der Waals surface area contributed by atoms with Gasteiger partial charge in [-0.2, -0.15) is 0 Å². The van der Waals surface area contributed by atoms with Crippen molar-refractivity contribution in [2.24, 2.45) is 5.73 Å². The molecule has 15 heavy (non-hydrogen) atoms. The predicted molar refractivity (Wildman–Crippen MR) is 55.2 cm³/mol. The van der Waals surface area contributed by atoms with Crippen LogP contribution in [0.2, 0.25) is 0 Å². The van der Waals surface area contributed by atoms with Crippen LogP contribution in [0, 0.1) is 11.6 Å². The van der Waals surface area contributed by atoms with Crippen LogP contribution in [0.25, 0.3) is 0 Å². The number of thiocarbonyl (C=S) groups is 1. The number of rotatable bonds is 3. The van der Waals surface area contributed by atoms with Gasteiger partial charge in [0.2, 0.25) is 0 Å². The van der Waals surface area contributed by atoms with Gasteiger partial charge >= 0.3 is 0 Å². The fourth-order valence-corrected chi connectivity index (χ4v) is 2.63. The number of hydrogen-bond acceptors (Lipinski definition) is 3. The summed E-state index contributed by atoms with van der Waals surface area (Å²) in [7, 11) is -3.99. The maximum atomic E-state index is 13.1. The maximum Gasteiger partial charge on any atom is 0.187 e. The van der Waals surface area contributed by atoms with Crippen molar-refractivity contribution in [1.82, 2.24) is 0 Å². The minimum atomic E-state index is -3.99. The molecule has 3 nitrogen and oxygen atoms in total. The first kappa shape index (κ1) is 12.0. The van der Waals surface area contributed by atoms with Crippen molar-refractivity contribution in [1.29, 1.82) is 0 Å². The number of benzene rings is 1. The molecule has 1 aromatic rings. The highest BCUT2D eigenvalue weighted by molar-refractivity contribution is 7.94. The molecule has 0 aromatic heterocycles. The van der Waals surface area contributed by atoms with E-state index in [1.807, 2.05) is 0 Å². The molecule has 0 aliphatic carbocycles. The first-order valence-electron chi connectivity index (χ1n) is 3.79. The molecule has 82 valence electrons. The third-order valence-electron chi connectivity index (χ3n) is 1.56. The van der Waals surface area contributed by atoms with Gasteiger partial charge in [-0.1, -0.05) is 12.2 Å². The lowest BCUT2D eigenvalue weighted by Crippen LogP contribution is -2.22. The summed E-state index contributed by atoms with van der Waals surface area (Å²) in [6.45, 7) is 0. The van der Waals surface area contributed by atoms with Gasteiger partial charge in [-0.15, -0.1) is 0 Å². The Bertz CT molecular complexity index is 499. The average Bonchev–Trinajstić information content (AvgIpc) is 2.06. The van der Waals surface area contributed by atoms with Gasteiger partial charge in [-0.3, -0.25) is 0 Å². The Labute approximate surface area is 90.8 Å². The Kier molecular flexibility index (Phi) is 3.35.